The third-order valence-electron chi connectivity index (χ3n) is 5.45. The number of nitrogens with one attached hydrogen (secondary N) is 1. The van der Waals surface area contributed by atoms with Gasteiger partial charge in [-0.25, -0.2) is 4.68 Å². The molecule has 4 rings (SSSR count). The van der Waals surface area contributed by atoms with Gasteiger partial charge in [-0.3, -0.25) is 14.9 Å². The first kappa shape index (κ1) is 22.0. The Morgan fingerprint density at radius 2 is 2.03 bits per heavy atom. The Bertz CT molecular complexity index is 1210. The number of thiazole rings is 1. The van der Waals surface area contributed by atoms with Crippen LogP contribution in [-0.2, 0) is 5.54 Å². The maximum Gasteiger partial charge on any atom is 0.276 e. The molecule has 1 aliphatic heterocycles. The van der Waals surface area contributed by atoms with Crippen LogP contribution in [0.15, 0.2) is 24.3 Å². The van der Waals surface area contributed by atoms with Crippen molar-refractivity contribution in [1.82, 2.24) is 19.7 Å². The van der Waals surface area contributed by atoms with Crippen molar-refractivity contribution >= 4 is 38.6 Å². The molecule has 3 heterocycles. The van der Waals surface area contributed by atoms with Gasteiger partial charge in [0.2, 0.25) is 0 Å². The average Bonchev–Trinajstić information content (AvgIpc) is 3.47. The van der Waals surface area contributed by atoms with Crippen LogP contribution >= 0.6 is 11.3 Å². The first-order valence-corrected chi connectivity index (χ1v) is 11.2. The molecule has 0 aliphatic carbocycles. The van der Waals surface area contributed by atoms with Gasteiger partial charge in [-0.05, 0) is 57.9 Å². The van der Waals surface area contributed by atoms with Gasteiger partial charge in [0, 0.05) is 17.7 Å². The van der Waals surface area contributed by atoms with Crippen LogP contribution in [-0.4, -0.2) is 55.8 Å². The molecule has 0 saturated carbocycles. The van der Waals surface area contributed by atoms with Gasteiger partial charge in [0.05, 0.1) is 18.2 Å². The Morgan fingerprint density at radius 1 is 1.31 bits per heavy atom. The van der Waals surface area contributed by atoms with Crippen molar-refractivity contribution in [2.75, 3.05) is 18.5 Å². The molecule has 1 aliphatic rings. The van der Waals surface area contributed by atoms with Gasteiger partial charge in [0.15, 0.2) is 16.5 Å². The molecule has 0 spiro atoms. The molecule has 2 amide bonds. The van der Waals surface area contributed by atoms with Crippen molar-refractivity contribution in [3.8, 4) is 12.3 Å². The summed E-state index contributed by atoms with van der Waals surface area (Å²) in [5.74, 6) is 1.99. The molecule has 0 radical (unpaired) electrons. The van der Waals surface area contributed by atoms with Crippen LogP contribution in [0.5, 0.6) is 0 Å². The number of hydrogen-bond donors (Lipinski definition) is 2. The maximum absolute atomic E-state index is 13.3. The quantitative estimate of drug-likeness (QED) is 0.594. The summed E-state index contributed by atoms with van der Waals surface area (Å²) in [4.78, 5) is 32.2. The van der Waals surface area contributed by atoms with E-state index in [-0.39, 0.29) is 24.5 Å². The summed E-state index contributed by atoms with van der Waals surface area (Å²) in [6.07, 6.45) is 6.99. The number of rotatable bonds is 4. The Hall–Kier alpha value is -3.22. The van der Waals surface area contributed by atoms with E-state index in [1.807, 2.05) is 20.8 Å². The first-order valence-electron chi connectivity index (χ1n) is 10.4. The van der Waals surface area contributed by atoms with Crippen LogP contribution in [0.25, 0.3) is 10.3 Å². The molecule has 32 heavy (non-hydrogen) atoms. The molecule has 3 aromatic rings. The minimum absolute atomic E-state index is 0.0721. The minimum Gasteiger partial charge on any atom is -0.394 e. The minimum atomic E-state index is -0.418. The molecular weight excluding hydrogens is 426 g/mol. The third-order valence-corrected chi connectivity index (χ3v) is 6.41. The number of hydrogen-bond acceptors (Lipinski definition) is 6. The van der Waals surface area contributed by atoms with Crippen molar-refractivity contribution < 1.29 is 14.7 Å². The van der Waals surface area contributed by atoms with Crippen molar-refractivity contribution in [3.63, 3.8) is 0 Å². The van der Waals surface area contributed by atoms with Crippen molar-refractivity contribution in [1.29, 1.82) is 0 Å². The van der Waals surface area contributed by atoms with E-state index in [4.69, 9.17) is 6.42 Å². The second-order valence-electron chi connectivity index (χ2n) is 8.76. The van der Waals surface area contributed by atoms with Crippen molar-refractivity contribution in [2.45, 2.75) is 45.2 Å². The topological polar surface area (TPSA) is 100 Å². The largest absolute Gasteiger partial charge is 0.394 e. The van der Waals surface area contributed by atoms with Gasteiger partial charge in [-0.1, -0.05) is 17.3 Å². The molecule has 8 nitrogen and oxygen atoms in total. The zero-order valence-corrected chi connectivity index (χ0v) is 19.1. The number of amides is 2. The normalized spacial score (nSPS) is 16.3. The summed E-state index contributed by atoms with van der Waals surface area (Å²) in [6.45, 7) is 6.45. The third kappa shape index (κ3) is 3.99. The van der Waals surface area contributed by atoms with E-state index >= 15 is 0 Å². The summed E-state index contributed by atoms with van der Waals surface area (Å²) in [5.41, 5.74) is 1.58. The van der Waals surface area contributed by atoms with Gasteiger partial charge in [-0.15, -0.1) is 6.42 Å². The summed E-state index contributed by atoms with van der Waals surface area (Å²) in [6, 6.07) is 6.53. The number of aliphatic hydroxyl groups excluding tert-OH is 1. The summed E-state index contributed by atoms with van der Waals surface area (Å²) in [5, 5.41) is 17.4. The Balaban J connectivity index is 1.69. The van der Waals surface area contributed by atoms with Gasteiger partial charge < -0.3 is 10.0 Å². The smallest absolute Gasteiger partial charge is 0.276 e. The highest BCUT2D eigenvalue weighted by Crippen LogP contribution is 2.34. The van der Waals surface area contributed by atoms with Gasteiger partial charge >= 0.3 is 0 Å². The molecule has 166 valence electrons. The lowest BCUT2D eigenvalue weighted by molar-refractivity contribution is 0.0672. The number of fused-ring (bicyclic) bond motifs is 1. The number of nitrogens with zero attached hydrogens (tertiary/aromatic N) is 4. The zero-order valence-electron chi connectivity index (χ0n) is 18.3. The highest BCUT2D eigenvalue weighted by Gasteiger charge is 2.34. The molecule has 1 atom stereocenters. The molecule has 2 aromatic heterocycles. The fraction of sp³-hybridized carbons (Fsp3) is 0.391. The molecule has 0 unspecified atom stereocenters. The maximum atomic E-state index is 13.3. The van der Waals surface area contributed by atoms with Gasteiger partial charge in [0.1, 0.15) is 4.70 Å². The molecule has 1 saturated heterocycles. The van der Waals surface area contributed by atoms with Crippen molar-refractivity contribution in [3.05, 3.63) is 41.1 Å². The predicted molar refractivity (Wildman–Crippen MR) is 124 cm³/mol. The summed E-state index contributed by atoms with van der Waals surface area (Å²) >= 11 is 1.22. The zero-order chi connectivity index (χ0) is 23.0. The van der Waals surface area contributed by atoms with Gasteiger partial charge in [-0.2, -0.15) is 10.1 Å². The molecule has 9 heteroatoms. The van der Waals surface area contributed by atoms with E-state index in [1.54, 1.807) is 33.8 Å². The SMILES string of the molecule is C#Cc1ccc(C(=O)Nc2nc3c(s2)c(C(=O)N2CCC[C@H]2CO)nn3C(C)(C)C)cc1. The van der Waals surface area contributed by atoms with E-state index in [2.05, 4.69) is 21.3 Å². The lowest BCUT2D eigenvalue weighted by Gasteiger charge is -2.22. The molecule has 1 fully saturated rings. The fourth-order valence-electron chi connectivity index (χ4n) is 3.78. The Kier molecular flexibility index (Phi) is 5.75. The lowest BCUT2D eigenvalue weighted by atomic mass is 10.1. The molecule has 1 aromatic carbocycles. The Labute approximate surface area is 190 Å². The number of benzene rings is 1. The predicted octanol–water partition coefficient (Wildman–Crippen LogP) is 3.08. The highest BCUT2D eigenvalue weighted by atomic mass is 32.1. The van der Waals surface area contributed by atoms with E-state index < -0.39 is 5.54 Å². The van der Waals surface area contributed by atoms with E-state index in [0.717, 1.165) is 12.8 Å². The lowest BCUT2D eigenvalue weighted by Crippen LogP contribution is -2.38. The van der Waals surface area contributed by atoms with Crippen LogP contribution < -0.4 is 5.32 Å². The molecular formula is C23H25N5O3S. The number of carbonyl (C=O) groups is 2. The number of aliphatic hydroxyl groups is 1. The number of likely N-dealkylation sites (tertiary alicyclic amines) is 1. The van der Waals surface area contributed by atoms with Crippen LogP contribution in [0, 0.1) is 12.3 Å². The number of anilines is 1. The van der Waals surface area contributed by atoms with E-state index in [0.29, 0.717) is 38.8 Å². The first-order chi connectivity index (χ1) is 15.2. The second kappa shape index (κ2) is 8.37. The van der Waals surface area contributed by atoms with Gasteiger partial charge in [0.25, 0.3) is 11.8 Å². The van der Waals surface area contributed by atoms with Crippen LogP contribution in [0.2, 0.25) is 0 Å². The van der Waals surface area contributed by atoms with E-state index in [9.17, 15) is 14.7 Å². The van der Waals surface area contributed by atoms with Crippen molar-refractivity contribution in [2.24, 2.45) is 0 Å². The number of aromatic nitrogens is 3. The Morgan fingerprint density at radius 3 is 2.66 bits per heavy atom. The summed E-state index contributed by atoms with van der Waals surface area (Å²) in [7, 11) is 0. The monoisotopic (exact) mass is 451 g/mol. The second-order valence-corrected chi connectivity index (χ2v) is 9.76. The number of terminal acetylenes is 1. The molecule has 2 N–H and O–H groups in total. The highest BCUT2D eigenvalue weighted by molar-refractivity contribution is 7.22. The number of carbonyl (C=O) groups excluding carboxylic acids is 2. The standard InChI is InChI=1S/C23H25N5O3S/c1-5-14-8-10-15(11-9-14)20(30)25-22-24-19-18(32-22)17(26-28(19)23(2,3)4)21(31)27-12-6-7-16(27)13-29/h1,8-11,16,29H,6-7,12-13H2,2-4H3,(H,24,25,30)/t16-/m0/s1. The van der Waals surface area contributed by atoms with Crippen LogP contribution in [0.4, 0.5) is 5.13 Å². The fourth-order valence-corrected chi connectivity index (χ4v) is 4.70. The van der Waals surface area contributed by atoms with Crippen LogP contribution in [0.3, 0.4) is 0 Å². The summed E-state index contributed by atoms with van der Waals surface area (Å²) < 4.78 is 2.33. The van der Waals surface area contributed by atoms with Crippen LogP contribution in [0.1, 0.15) is 60.0 Å². The van der Waals surface area contributed by atoms with E-state index in [1.165, 1.54) is 11.3 Å². The average molecular weight is 452 g/mol. The molecule has 0 bridgehead atoms.